The highest BCUT2D eigenvalue weighted by molar-refractivity contribution is 6.11. The Kier molecular flexibility index (Phi) is 6.56. The molecule has 9 aromatic rings. The van der Waals surface area contributed by atoms with Gasteiger partial charge in [-0.3, -0.25) is 0 Å². The lowest BCUT2D eigenvalue weighted by atomic mass is 9.98. The molecule has 1 aromatic heterocycles. The summed E-state index contributed by atoms with van der Waals surface area (Å²) < 4.78 is 13.0. The Balaban J connectivity index is 1.17. The Morgan fingerprint density at radius 2 is 1.08 bits per heavy atom. The fraction of sp³-hybridized carbons (Fsp3) is 0.0213. The molecule has 0 unspecified atom stereocenters. The van der Waals surface area contributed by atoms with Crippen LogP contribution >= 0.6 is 0 Å². The van der Waals surface area contributed by atoms with Crippen molar-refractivity contribution in [1.82, 2.24) is 0 Å². The molecule has 0 amide bonds. The topological polar surface area (TPSA) is 25.6 Å². The van der Waals surface area contributed by atoms with Crippen LogP contribution in [0.4, 0.5) is 17.1 Å². The third-order valence-corrected chi connectivity index (χ3v) is 9.91. The van der Waals surface area contributed by atoms with Crippen LogP contribution in [-0.2, 0) is 6.42 Å². The van der Waals surface area contributed by atoms with Crippen molar-refractivity contribution in [2.75, 3.05) is 4.90 Å². The van der Waals surface area contributed by atoms with Gasteiger partial charge in [0.05, 0.1) is 0 Å². The third-order valence-electron chi connectivity index (χ3n) is 9.91. The molecule has 0 spiro atoms. The van der Waals surface area contributed by atoms with E-state index in [1.54, 1.807) is 0 Å². The number of anilines is 3. The average molecular weight is 642 g/mol. The highest BCUT2D eigenvalue weighted by Gasteiger charge is 2.22. The molecule has 0 N–H and O–H groups in total. The van der Waals surface area contributed by atoms with Crippen LogP contribution in [0.3, 0.4) is 0 Å². The fourth-order valence-electron chi connectivity index (χ4n) is 7.51. The second kappa shape index (κ2) is 11.5. The summed E-state index contributed by atoms with van der Waals surface area (Å²) in [6, 6.07) is 60.2. The van der Waals surface area contributed by atoms with E-state index in [9.17, 15) is 0 Å². The largest absolute Gasteiger partial charge is 0.457 e. The van der Waals surface area contributed by atoms with Crippen LogP contribution < -0.4 is 9.64 Å². The monoisotopic (exact) mass is 641 g/mol. The number of nitrogens with zero attached hydrogens (tertiary/aromatic N) is 1. The van der Waals surface area contributed by atoms with Gasteiger partial charge >= 0.3 is 0 Å². The molecule has 50 heavy (non-hydrogen) atoms. The lowest BCUT2D eigenvalue weighted by Crippen LogP contribution is -2.10. The summed E-state index contributed by atoms with van der Waals surface area (Å²) in [5, 5.41) is 7.10. The molecule has 1 aliphatic heterocycles. The molecule has 8 aromatic carbocycles. The van der Waals surface area contributed by atoms with E-state index in [2.05, 4.69) is 151 Å². The van der Waals surface area contributed by atoms with E-state index in [1.807, 2.05) is 30.3 Å². The molecule has 0 saturated carbocycles. The minimum absolute atomic E-state index is 0.760. The highest BCUT2D eigenvalue weighted by atomic mass is 16.5. The van der Waals surface area contributed by atoms with Crippen molar-refractivity contribution in [2.24, 2.45) is 0 Å². The van der Waals surface area contributed by atoms with Crippen molar-refractivity contribution in [3.63, 3.8) is 0 Å². The van der Waals surface area contributed by atoms with E-state index in [1.165, 1.54) is 32.7 Å². The summed E-state index contributed by atoms with van der Waals surface area (Å²) in [4.78, 5) is 2.37. The summed E-state index contributed by atoms with van der Waals surface area (Å²) in [5.74, 6) is 1.76. The Bertz CT molecular complexity index is 2760. The van der Waals surface area contributed by atoms with Crippen LogP contribution in [0.1, 0.15) is 11.1 Å². The van der Waals surface area contributed by atoms with Crippen molar-refractivity contribution < 1.29 is 9.15 Å². The zero-order valence-corrected chi connectivity index (χ0v) is 27.2. The zero-order chi connectivity index (χ0) is 33.0. The fourth-order valence-corrected chi connectivity index (χ4v) is 7.51. The summed E-state index contributed by atoms with van der Waals surface area (Å²) in [5.41, 5.74) is 9.53. The Morgan fingerprint density at radius 3 is 1.92 bits per heavy atom. The molecule has 3 heteroatoms. The second-order valence-corrected chi connectivity index (χ2v) is 12.9. The summed E-state index contributed by atoms with van der Waals surface area (Å²) in [6.07, 6.45) is 2.94. The average Bonchev–Trinajstić information content (AvgIpc) is 3.57. The molecule has 0 aliphatic carbocycles. The maximum absolute atomic E-state index is 6.50. The Labute approximate surface area is 289 Å². The molecule has 2 heterocycles. The van der Waals surface area contributed by atoms with Crippen molar-refractivity contribution >= 4 is 66.3 Å². The molecule has 1 aliphatic rings. The molecule has 0 saturated heterocycles. The maximum atomic E-state index is 6.50. The number of hydrogen-bond acceptors (Lipinski definition) is 3. The molecule has 236 valence electrons. The van der Waals surface area contributed by atoms with Crippen LogP contribution in [0, 0.1) is 0 Å². The normalized spacial score (nSPS) is 12.6. The molecule has 3 nitrogen and oxygen atoms in total. The lowest BCUT2D eigenvalue weighted by Gasteiger charge is -2.26. The minimum atomic E-state index is 0.760. The Hall–Kier alpha value is -6.58. The van der Waals surface area contributed by atoms with Gasteiger partial charge in [0, 0.05) is 39.0 Å². The number of hydrogen-bond donors (Lipinski definition) is 0. The van der Waals surface area contributed by atoms with Gasteiger partial charge in [0.15, 0.2) is 0 Å². The van der Waals surface area contributed by atoms with Gasteiger partial charge in [0.25, 0.3) is 0 Å². The van der Waals surface area contributed by atoms with Crippen molar-refractivity contribution in [2.45, 2.75) is 6.42 Å². The molecule has 10 rings (SSSR count). The van der Waals surface area contributed by atoms with E-state index < -0.39 is 0 Å². The molecule has 0 atom stereocenters. The van der Waals surface area contributed by atoms with Gasteiger partial charge in [0.2, 0.25) is 0 Å². The highest BCUT2D eigenvalue weighted by Crippen LogP contribution is 2.44. The summed E-state index contributed by atoms with van der Waals surface area (Å²) in [7, 11) is 0. The van der Waals surface area contributed by atoms with E-state index >= 15 is 0 Å². The third kappa shape index (κ3) is 4.75. The van der Waals surface area contributed by atoms with Gasteiger partial charge in [0.1, 0.15) is 22.7 Å². The predicted molar refractivity (Wildman–Crippen MR) is 208 cm³/mol. The lowest BCUT2D eigenvalue weighted by molar-refractivity contribution is 0.499. The second-order valence-electron chi connectivity index (χ2n) is 12.9. The van der Waals surface area contributed by atoms with Gasteiger partial charge in [-0.2, -0.15) is 0 Å². The van der Waals surface area contributed by atoms with Crippen molar-refractivity contribution in [3.05, 3.63) is 187 Å². The van der Waals surface area contributed by atoms with Crippen molar-refractivity contribution in [3.8, 4) is 16.9 Å². The number of ether oxygens (including phenoxy) is 1. The zero-order valence-electron chi connectivity index (χ0n) is 27.2. The number of fused-ring (bicyclic) bond motifs is 8. The van der Waals surface area contributed by atoms with E-state index in [4.69, 9.17) is 9.15 Å². The molecular formula is C47H31NO2. The first-order valence-corrected chi connectivity index (χ1v) is 17.1. The van der Waals surface area contributed by atoms with Crippen LogP contribution in [0.25, 0.3) is 60.4 Å². The minimum Gasteiger partial charge on any atom is -0.457 e. The van der Waals surface area contributed by atoms with E-state index in [0.29, 0.717) is 0 Å². The number of furan rings is 1. The smallest absolute Gasteiger partial charge is 0.135 e. The predicted octanol–water partition coefficient (Wildman–Crippen LogP) is 13.0. The molecular weight excluding hydrogens is 611 g/mol. The molecule has 0 bridgehead atoms. The first kappa shape index (κ1) is 28.4. The number of rotatable bonds is 5. The Morgan fingerprint density at radius 1 is 0.440 bits per heavy atom. The van der Waals surface area contributed by atoms with Crippen molar-refractivity contribution in [1.29, 1.82) is 0 Å². The van der Waals surface area contributed by atoms with Gasteiger partial charge in [-0.25, -0.2) is 0 Å². The van der Waals surface area contributed by atoms with Gasteiger partial charge < -0.3 is 14.1 Å². The van der Waals surface area contributed by atoms with Crippen LogP contribution in [-0.4, -0.2) is 0 Å². The van der Waals surface area contributed by atoms with Gasteiger partial charge in [-0.15, -0.1) is 0 Å². The molecule has 0 radical (unpaired) electrons. The van der Waals surface area contributed by atoms with Crippen LogP contribution in [0.2, 0.25) is 0 Å². The molecule has 0 fully saturated rings. The van der Waals surface area contributed by atoms with E-state index in [0.717, 1.165) is 68.1 Å². The van der Waals surface area contributed by atoms with Gasteiger partial charge in [-0.1, -0.05) is 115 Å². The number of allylic oxidation sites excluding steroid dienone is 1. The first-order chi connectivity index (χ1) is 24.8. The SMILES string of the molecule is C1=C(c2ccccc2)Oc2ccc3oc4ccc(N(c5cccc(-c6ccccc6)c5)c5ccc6ccc7ccccc7c6c5)cc4c3c2C1. The quantitative estimate of drug-likeness (QED) is 0.175. The van der Waals surface area contributed by atoms with E-state index in [-0.39, 0.29) is 0 Å². The van der Waals surface area contributed by atoms with Crippen LogP contribution in [0.15, 0.2) is 180 Å². The maximum Gasteiger partial charge on any atom is 0.135 e. The van der Waals surface area contributed by atoms with Crippen LogP contribution in [0.5, 0.6) is 5.75 Å². The first-order valence-electron chi connectivity index (χ1n) is 17.1. The standard InChI is InChI=1S/C47H31NO2/c1-3-10-31(11-4-1)35-15-9-16-36(28-35)48(37-21-20-33-19-18-32-12-7-8-17-39(32)41(33)29-37)38-22-24-45-42(30-38)47-40-23-25-43(34-13-5-2-6-14-34)49-44(40)26-27-46(47)50-45/h1-22,24-30H,23H2. The summed E-state index contributed by atoms with van der Waals surface area (Å²) in [6.45, 7) is 0. The van der Waals surface area contributed by atoms with Gasteiger partial charge in [-0.05, 0) is 99.8 Å². The number of benzene rings is 8. The summed E-state index contributed by atoms with van der Waals surface area (Å²) >= 11 is 0.